The molecule has 1 atom stereocenters. The van der Waals surface area contributed by atoms with E-state index in [1.54, 1.807) is 0 Å². The fourth-order valence-corrected chi connectivity index (χ4v) is 4.58. The van der Waals surface area contributed by atoms with Gasteiger partial charge in [0.05, 0.1) is 5.52 Å². The minimum atomic E-state index is -0.178. The number of nitrogens with zero attached hydrogens (tertiary/aromatic N) is 1. The first kappa shape index (κ1) is 21.3. The van der Waals surface area contributed by atoms with Crippen LogP contribution in [0.3, 0.4) is 0 Å². The normalized spacial score (nSPS) is 16.6. The molecule has 1 aromatic heterocycles. The van der Waals surface area contributed by atoms with Gasteiger partial charge in [0, 0.05) is 29.7 Å². The summed E-state index contributed by atoms with van der Waals surface area (Å²) in [4.78, 5) is 17.4. The van der Waals surface area contributed by atoms with Crippen LogP contribution < -0.4 is 15.6 Å². The Balaban J connectivity index is 1.33. The number of likely N-dealkylation sites (tertiary alicyclic amines) is 1. The number of aromatic amines is 1. The maximum absolute atomic E-state index is 12.0. The zero-order valence-electron chi connectivity index (χ0n) is 18.9. The van der Waals surface area contributed by atoms with Crippen molar-refractivity contribution in [2.75, 3.05) is 25.0 Å². The van der Waals surface area contributed by atoms with Crippen molar-refractivity contribution in [3.8, 4) is 22.6 Å². The average molecular weight is 440 g/mol. The van der Waals surface area contributed by atoms with Crippen LogP contribution in [0.25, 0.3) is 22.0 Å². The molecule has 1 fully saturated rings. The number of para-hydroxylation sites is 1. The summed E-state index contributed by atoms with van der Waals surface area (Å²) in [6.45, 7) is 5.66. The third-order valence-corrected chi connectivity index (χ3v) is 6.32. The summed E-state index contributed by atoms with van der Waals surface area (Å²) in [5.74, 6) is 1.26. The molecular formula is C28H29N3O2. The number of hydrogen-bond donors (Lipinski definition) is 2. The van der Waals surface area contributed by atoms with Crippen LogP contribution in [0.4, 0.5) is 5.69 Å². The number of benzene rings is 3. The number of rotatable bonds is 6. The molecular weight excluding hydrogens is 410 g/mol. The SMILES string of the molecule is CCN1CCCC(Nc2ccc(-c3cccc(Oc4cc(=O)[nH]c5ccccc45)c3)cc2)C1. The van der Waals surface area contributed by atoms with Gasteiger partial charge in [-0.15, -0.1) is 0 Å². The van der Waals surface area contributed by atoms with Crippen LogP contribution in [0.5, 0.6) is 11.5 Å². The molecule has 0 bridgehead atoms. The molecule has 5 nitrogen and oxygen atoms in total. The molecule has 1 unspecified atom stereocenters. The number of anilines is 1. The molecule has 2 N–H and O–H groups in total. The fourth-order valence-electron chi connectivity index (χ4n) is 4.58. The van der Waals surface area contributed by atoms with Gasteiger partial charge in [-0.05, 0) is 73.5 Å². The standard InChI is InChI=1S/C28H29N3O2/c1-2-31-16-6-8-23(19-31)29-22-14-12-20(13-15-22)21-7-5-9-24(17-21)33-27-18-28(32)30-26-11-4-3-10-25(26)27/h3-5,7,9-15,17-18,23,29H,2,6,8,16,19H2,1H3,(H,30,32). The first-order valence-corrected chi connectivity index (χ1v) is 11.7. The molecule has 5 rings (SSSR count). The number of ether oxygens (including phenoxy) is 1. The monoisotopic (exact) mass is 439 g/mol. The summed E-state index contributed by atoms with van der Waals surface area (Å²) in [7, 11) is 0. The molecule has 168 valence electrons. The number of H-pyrrole nitrogens is 1. The van der Waals surface area contributed by atoms with Crippen LogP contribution >= 0.6 is 0 Å². The average Bonchev–Trinajstić information content (AvgIpc) is 2.85. The van der Waals surface area contributed by atoms with Gasteiger partial charge in [0.2, 0.25) is 0 Å². The van der Waals surface area contributed by atoms with Crippen molar-refractivity contribution in [3.63, 3.8) is 0 Å². The van der Waals surface area contributed by atoms with Crippen molar-refractivity contribution in [3.05, 3.63) is 89.2 Å². The van der Waals surface area contributed by atoms with E-state index in [-0.39, 0.29) is 5.56 Å². The maximum Gasteiger partial charge on any atom is 0.252 e. The van der Waals surface area contributed by atoms with E-state index in [0.29, 0.717) is 17.5 Å². The van der Waals surface area contributed by atoms with Gasteiger partial charge in [-0.3, -0.25) is 4.79 Å². The Labute approximate surface area is 194 Å². The van der Waals surface area contributed by atoms with Crippen molar-refractivity contribution in [1.82, 2.24) is 9.88 Å². The Morgan fingerprint density at radius 2 is 1.85 bits per heavy atom. The van der Waals surface area contributed by atoms with Gasteiger partial charge < -0.3 is 19.9 Å². The quantitative estimate of drug-likeness (QED) is 0.394. The molecule has 0 spiro atoms. The Hall–Kier alpha value is -3.57. The molecule has 0 saturated carbocycles. The van der Waals surface area contributed by atoms with E-state index in [0.717, 1.165) is 40.8 Å². The highest BCUT2D eigenvalue weighted by molar-refractivity contribution is 5.85. The molecule has 5 heteroatoms. The highest BCUT2D eigenvalue weighted by Crippen LogP contribution is 2.31. The largest absolute Gasteiger partial charge is 0.456 e. The summed E-state index contributed by atoms with van der Waals surface area (Å²) in [5.41, 5.74) is 3.94. The topological polar surface area (TPSA) is 57.4 Å². The lowest BCUT2D eigenvalue weighted by atomic mass is 10.0. The zero-order valence-corrected chi connectivity index (χ0v) is 18.9. The molecule has 0 radical (unpaired) electrons. The first-order chi connectivity index (χ1) is 16.2. The molecule has 33 heavy (non-hydrogen) atoms. The van der Waals surface area contributed by atoms with Crippen LogP contribution in [0.1, 0.15) is 19.8 Å². The van der Waals surface area contributed by atoms with Crippen molar-refractivity contribution in [1.29, 1.82) is 0 Å². The summed E-state index contributed by atoms with van der Waals surface area (Å²) >= 11 is 0. The summed E-state index contributed by atoms with van der Waals surface area (Å²) < 4.78 is 6.14. The number of pyridine rings is 1. The van der Waals surface area contributed by atoms with Crippen molar-refractivity contribution < 1.29 is 4.74 Å². The molecule has 0 amide bonds. The van der Waals surface area contributed by atoms with Crippen LogP contribution in [-0.4, -0.2) is 35.6 Å². The number of aromatic nitrogens is 1. The number of fused-ring (bicyclic) bond motifs is 1. The maximum atomic E-state index is 12.0. The lowest BCUT2D eigenvalue weighted by Crippen LogP contribution is -2.41. The molecule has 1 aliphatic heterocycles. The number of hydrogen-bond acceptors (Lipinski definition) is 4. The summed E-state index contributed by atoms with van der Waals surface area (Å²) in [6, 6.07) is 26.2. The highest BCUT2D eigenvalue weighted by Gasteiger charge is 2.18. The molecule has 1 aliphatic rings. The number of likely N-dealkylation sites (N-methyl/N-ethyl adjacent to an activating group) is 1. The van der Waals surface area contributed by atoms with Gasteiger partial charge in [0.1, 0.15) is 11.5 Å². The van der Waals surface area contributed by atoms with Crippen LogP contribution in [0, 0.1) is 0 Å². The minimum Gasteiger partial charge on any atom is -0.456 e. The lowest BCUT2D eigenvalue weighted by molar-refractivity contribution is 0.227. The van der Waals surface area contributed by atoms with Gasteiger partial charge in [0.15, 0.2) is 0 Å². The summed E-state index contributed by atoms with van der Waals surface area (Å²) in [6.07, 6.45) is 2.47. The predicted octanol–water partition coefficient (Wildman–Crippen LogP) is 5.88. The first-order valence-electron chi connectivity index (χ1n) is 11.7. The third kappa shape index (κ3) is 4.94. The zero-order chi connectivity index (χ0) is 22.6. The number of piperidine rings is 1. The molecule has 3 aromatic carbocycles. The second-order valence-electron chi connectivity index (χ2n) is 8.63. The molecule has 0 aliphatic carbocycles. The predicted molar refractivity (Wildman–Crippen MR) is 135 cm³/mol. The second-order valence-corrected chi connectivity index (χ2v) is 8.63. The van der Waals surface area contributed by atoms with Crippen LogP contribution in [0.15, 0.2) is 83.7 Å². The van der Waals surface area contributed by atoms with E-state index in [2.05, 4.69) is 52.5 Å². The molecule has 4 aromatic rings. The van der Waals surface area contributed by atoms with Gasteiger partial charge in [0.25, 0.3) is 5.56 Å². The number of nitrogens with one attached hydrogen (secondary N) is 2. The van der Waals surface area contributed by atoms with E-state index in [9.17, 15) is 4.79 Å². The van der Waals surface area contributed by atoms with Crippen molar-refractivity contribution in [2.24, 2.45) is 0 Å². The van der Waals surface area contributed by atoms with Crippen molar-refractivity contribution >= 4 is 16.6 Å². The van der Waals surface area contributed by atoms with Gasteiger partial charge >= 0.3 is 0 Å². The Bertz CT molecular complexity index is 1300. The van der Waals surface area contributed by atoms with Gasteiger partial charge in [-0.2, -0.15) is 0 Å². The smallest absolute Gasteiger partial charge is 0.252 e. The molecule has 1 saturated heterocycles. The van der Waals surface area contributed by atoms with E-state index in [1.807, 2.05) is 42.5 Å². The lowest BCUT2D eigenvalue weighted by Gasteiger charge is -2.32. The Morgan fingerprint density at radius 1 is 1.00 bits per heavy atom. The Kier molecular flexibility index (Phi) is 6.13. The van der Waals surface area contributed by atoms with E-state index < -0.39 is 0 Å². The Morgan fingerprint density at radius 3 is 2.70 bits per heavy atom. The van der Waals surface area contributed by atoms with Gasteiger partial charge in [-0.1, -0.05) is 43.3 Å². The fraction of sp³-hybridized carbons (Fsp3) is 0.250. The van der Waals surface area contributed by atoms with E-state index in [1.165, 1.54) is 25.5 Å². The van der Waals surface area contributed by atoms with Crippen LogP contribution in [-0.2, 0) is 0 Å². The van der Waals surface area contributed by atoms with E-state index in [4.69, 9.17) is 4.74 Å². The van der Waals surface area contributed by atoms with Gasteiger partial charge in [-0.25, -0.2) is 0 Å². The third-order valence-electron chi connectivity index (χ3n) is 6.32. The highest BCUT2D eigenvalue weighted by atomic mass is 16.5. The molecule has 2 heterocycles. The second kappa shape index (κ2) is 9.51. The summed E-state index contributed by atoms with van der Waals surface area (Å²) in [5, 5.41) is 4.57. The minimum absolute atomic E-state index is 0.178. The van der Waals surface area contributed by atoms with Crippen molar-refractivity contribution in [2.45, 2.75) is 25.8 Å². The van der Waals surface area contributed by atoms with E-state index >= 15 is 0 Å². The van der Waals surface area contributed by atoms with Crippen LogP contribution in [0.2, 0.25) is 0 Å².